The molecule has 0 spiro atoms. The molecule has 0 saturated heterocycles. The highest BCUT2D eigenvalue weighted by Gasteiger charge is 2.17. The first kappa shape index (κ1) is 14.3. The number of halogens is 1. The number of hydrogen-bond acceptors (Lipinski definition) is 3. The number of benzene rings is 2. The highest BCUT2D eigenvalue weighted by molar-refractivity contribution is 7.91. The molecule has 104 valence electrons. The van der Waals surface area contributed by atoms with E-state index < -0.39 is 15.7 Å². The zero-order valence-electron chi connectivity index (χ0n) is 10.6. The molecule has 3 nitrogen and oxygen atoms in total. The fraction of sp³-hybridized carbons (Fsp3) is 0.0667. The molecule has 5 heteroatoms. The van der Waals surface area contributed by atoms with Gasteiger partial charge in [-0.1, -0.05) is 12.7 Å². The topological polar surface area (TPSA) is 43.4 Å². The van der Waals surface area contributed by atoms with Gasteiger partial charge in [-0.15, -0.1) is 0 Å². The molecule has 0 aliphatic heterocycles. The molecule has 0 saturated carbocycles. The molecule has 2 aromatic rings. The average Bonchev–Trinajstić information content (AvgIpc) is 2.46. The van der Waals surface area contributed by atoms with Gasteiger partial charge < -0.3 is 4.74 Å². The Balaban J connectivity index is 2.30. The average molecular weight is 292 g/mol. The Morgan fingerprint density at radius 1 is 1.00 bits per heavy atom. The van der Waals surface area contributed by atoms with E-state index >= 15 is 0 Å². The molecule has 0 amide bonds. The summed E-state index contributed by atoms with van der Waals surface area (Å²) in [6.45, 7) is 3.88. The van der Waals surface area contributed by atoms with Crippen LogP contribution in [0.5, 0.6) is 5.75 Å². The zero-order valence-corrected chi connectivity index (χ0v) is 11.4. The van der Waals surface area contributed by atoms with Crippen molar-refractivity contribution in [3.8, 4) is 5.75 Å². The van der Waals surface area contributed by atoms with Crippen LogP contribution in [0.25, 0.3) is 0 Å². The lowest BCUT2D eigenvalue weighted by atomic mass is 10.3. The van der Waals surface area contributed by atoms with E-state index in [9.17, 15) is 12.8 Å². The van der Waals surface area contributed by atoms with Crippen LogP contribution in [0.15, 0.2) is 71.0 Å². The Labute approximate surface area is 117 Å². The van der Waals surface area contributed by atoms with Crippen LogP contribution in [0.1, 0.15) is 0 Å². The van der Waals surface area contributed by atoms with Crippen molar-refractivity contribution < 1.29 is 17.5 Å². The molecule has 0 bridgehead atoms. The molecule has 0 N–H and O–H groups in total. The fourth-order valence-electron chi connectivity index (χ4n) is 1.62. The van der Waals surface area contributed by atoms with Crippen LogP contribution < -0.4 is 4.74 Å². The van der Waals surface area contributed by atoms with E-state index in [1.165, 1.54) is 24.3 Å². The fourth-order valence-corrected chi connectivity index (χ4v) is 2.88. The van der Waals surface area contributed by atoms with E-state index in [4.69, 9.17) is 4.74 Å². The molecule has 0 atom stereocenters. The molecule has 0 radical (unpaired) electrons. The van der Waals surface area contributed by atoms with Gasteiger partial charge in [0.15, 0.2) is 0 Å². The van der Waals surface area contributed by atoms with Gasteiger partial charge >= 0.3 is 0 Å². The predicted octanol–water partition coefficient (Wildman–Crippen LogP) is 3.22. The summed E-state index contributed by atoms with van der Waals surface area (Å²) >= 11 is 0. The molecular formula is C15H13FO3S. The third-order valence-corrected chi connectivity index (χ3v) is 4.41. The minimum Gasteiger partial charge on any atom is -0.490 e. The van der Waals surface area contributed by atoms with Gasteiger partial charge in [-0.05, 0) is 48.5 Å². The third-order valence-electron chi connectivity index (χ3n) is 2.63. The Hall–Kier alpha value is -2.14. The summed E-state index contributed by atoms with van der Waals surface area (Å²) in [5.41, 5.74) is 0. The molecule has 0 aromatic heterocycles. The summed E-state index contributed by atoms with van der Waals surface area (Å²) in [5, 5.41) is 0. The van der Waals surface area contributed by atoms with Crippen LogP contribution >= 0.6 is 0 Å². The van der Waals surface area contributed by atoms with Crippen LogP contribution in [-0.2, 0) is 9.84 Å². The molecular weight excluding hydrogens is 279 g/mol. The van der Waals surface area contributed by atoms with Crippen molar-refractivity contribution in [2.75, 3.05) is 6.61 Å². The summed E-state index contributed by atoms with van der Waals surface area (Å²) in [5.74, 6) is 0.0834. The highest BCUT2D eigenvalue weighted by atomic mass is 32.2. The maximum Gasteiger partial charge on any atom is 0.206 e. The van der Waals surface area contributed by atoms with Gasteiger partial charge in [0, 0.05) is 0 Å². The van der Waals surface area contributed by atoms with Crippen molar-refractivity contribution in [1.29, 1.82) is 0 Å². The van der Waals surface area contributed by atoms with Crippen LogP contribution in [-0.4, -0.2) is 15.0 Å². The van der Waals surface area contributed by atoms with Crippen LogP contribution in [0.3, 0.4) is 0 Å². The number of rotatable bonds is 5. The van der Waals surface area contributed by atoms with Crippen molar-refractivity contribution >= 4 is 9.84 Å². The van der Waals surface area contributed by atoms with Crippen molar-refractivity contribution in [3.63, 3.8) is 0 Å². The lowest BCUT2D eigenvalue weighted by Crippen LogP contribution is -2.02. The van der Waals surface area contributed by atoms with Gasteiger partial charge in [-0.3, -0.25) is 0 Å². The Morgan fingerprint density at radius 2 is 1.50 bits per heavy atom. The van der Waals surface area contributed by atoms with E-state index in [2.05, 4.69) is 6.58 Å². The van der Waals surface area contributed by atoms with Crippen LogP contribution in [0.2, 0.25) is 0 Å². The first-order valence-electron chi connectivity index (χ1n) is 5.88. The number of ether oxygens (including phenoxy) is 1. The van der Waals surface area contributed by atoms with E-state index in [-0.39, 0.29) is 9.79 Å². The summed E-state index contributed by atoms with van der Waals surface area (Å²) in [7, 11) is -3.64. The van der Waals surface area contributed by atoms with Gasteiger partial charge in [0.25, 0.3) is 0 Å². The SMILES string of the molecule is C=CCOc1ccc(S(=O)(=O)c2ccc(F)cc2)cc1. The van der Waals surface area contributed by atoms with Crippen molar-refractivity contribution in [2.24, 2.45) is 0 Å². The summed E-state index contributed by atoms with van der Waals surface area (Å²) < 4.78 is 42.7. The smallest absolute Gasteiger partial charge is 0.206 e. The second-order valence-electron chi connectivity index (χ2n) is 4.03. The monoisotopic (exact) mass is 292 g/mol. The number of hydrogen-bond donors (Lipinski definition) is 0. The normalized spacial score (nSPS) is 11.1. The molecule has 2 rings (SSSR count). The first-order valence-corrected chi connectivity index (χ1v) is 7.37. The first-order chi connectivity index (χ1) is 9.54. The van der Waals surface area contributed by atoms with Gasteiger partial charge in [0.2, 0.25) is 9.84 Å². The second-order valence-corrected chi connectivity index (χ2v) is 5.98. The molecule has 0 aliphatic rings. The van der Waals surface area contributed by atoms with E-state index in [1.54, 1.807) is 18.2 Å². The highest BCUT2D eigenvalue weighted by Crippen LogP contribution is 2.23. The van der Waals surface area contributed by atoms with Gasteiger partial charge in [0.1, 0.15) is 18.2 Å². The summed E-state index contributed by atoms with van der Waals surface area (Å²) in [4.78, 5) is 0.189. The minimum absolute atomic E-state index is 0.0543. The second kappa shape index (κ2) is 5.88. The Bertz CT molecular complexity index is 689. The maximum absolute atomic E-state index is 12.8. The number of sulfone groups is 1. The zero-order chi connectivity index (χ0) is 14.6. The maximum atomic E-state index is 12.8. The molecule has 0 unspecified atom stereocenters. The summed E-state index contributed by atoms with van der Waals surface area (Å²) in [6.07, 6.45) is 1.60. The lowest BCUT2D eigenvalue weighted by molar-refractivity contribution is 0.363. The summed E-state index contributed by atoms with van der Waals surface area (Å²) in [6, 6.07) is 10.8. The van der Waals surface area contributed by atoms with Gasteiger partial charge in [-0.2, -0.15) is 0 Å². The van der Waals surface area contributed by atoms with E-state index in [0.29, 0.717) is 12.4 Å². The standard InChI is InChI=1S/C15H13FO3S/c1-2-11-19-13-5-9-15(10-6-13)20(17,18)14-7-3-12(16)4-8-14/h2-10H,1,11H2. The quantitative estimate of drug-likeness (QED) is 0.628. The lowest BCUT2D eigenvalue weighted by Gasteiger charge is -2.06. The third kappa shape index (κ3) is 3.05. The van der Waals surface area contributed by atoms with Crippen molar-refractivity contribution in [1.82, 2.24) is 0 Å². The van der Waals surface area contributed by atoms with Gasteiger partial charge in [0.05, 0.1) is 9.79 Å². The van der Waals surface area contributed by atoms with Crippen molar-refractivity contribution in [2.45, 2.75) is 9.79 Å². The minimum atomic E-state index is -3.64. The van der Waals surface area contributed by atoms with Gasteiger partial charge in [-0.25, -0.2) is 12.8 Å². The predicted molar refractivity (Wildman–Crippen MR) is 74.0 cm³/mol. The Kier molecular flexibility index (Phi) is 4.20. The molecule has 20 heavy (non-hydrogen) atoms. The molecule has 2 aromatic carbocycles. The van der Waals surface area contributed by atoms with Crippen molar-refractivity contribution in [3.05, 3.63) is 67.0 Å². The largest absolute Gasteiger partial charge is 0.490 e. The molecule has 0 aliphatic carbocycles. The van der Waals surface area contributed by atoms with Crippen LogP contribution in [0.4, 0.5) is 4.39 Å². The van der Waals surface area contributed by atoms with E-state index in [0.717, 1.165) is 12.1 Å². The molecule has 0 fully saturated rings. The van der Waals surface area contributed by atoms with Crippen LogP contribution in [0, 0.1) is 5.82 Å². The van der Waals surface area contributed by atoms with E-state index in [1.807, 2.05) is 0 Å². The Morgan fingerprint density at radius 3 is 2.00 bits per heavy atom. The molecule has 0 heterocycles.